The van der Waals surface area contributed by atoms with Crippen LogP contribution in [-0.2, 0) is 6.54 Å². The van der Waals surface area contributed by atoms with Crippen LogP contribution in [0.15, 0.2) is 36.7 Å². The molecule has 0 saturated carbocycles. The molecule has 4 nitrogen and oxygen atoms in total. The van der Waals surface area contributed by atoms with Crippen molar-refractivity contribution in [2.75, 3.05) is 0 Å². The van der Waals surface area contributed by atoms with E-state index >= 15 is 0 Å². The van der Waals surface area contributed by atoms with Gasteiger partial charge in [-0.2, -0.15) is 0 Å². The lowest BCUT2D eigenvalue weighted by molar-refractivity contribution is -0.274. The molecular formula is C12H9F3N3O-. The maximum absolute atomic E-state index is 12.0. The summed E-state index contributed by atoms with van der Waals surface area (Å²) in [6, 6.07) is 6.98. The normalized spacial score (nSPS) is 11.4. The lowest BCUT2D eigenvalue weighted by Gasteiger charge is -2.09. The largest absolute Gasteiger partial charge is 0.672 e. The Morgan fingerprint density at radius 2 is 1.79 bits per heavy atom. The fourth-order valence-corrected chi connectivity index (χ4v) is 1.48. The molecule has 0 atom stereocenters. The van der Waals surface area contributed by atoms with E-state index < -0.39 is 6.36 Å². The molecule has 1 N–H and O–H groups in total. The maximum atomic E-state index is 12.0. The lowest BCUT2D eigenvalue weighted by atomic mass is 10.1. The molecule has 0 amide bonds. The molecule has 0 aliphatic rings. The number of aromatic nitrogens is 2. The third kappa shape index (κ3) is 3.65. The van der Waals surface area contributed by atoms with E-state index in [0.29, 0.717) is 17.0 Å². The number of hydrogen-bond donors (Lipinski definition) is 0. The number of benzene rings is 1. The maximum Gasteiger partial charge on any atom is 0.573 e. The quantitative estimate of drug-likeness (QED) is 0.854. The van der Waals surface area contributed by atoms with Gasteiger partial charge in [-0.05, 0) is 30.3 Å². The molecule has 1 aromatic carbocycles. The van der Waals surface area contributed by atoms with Crippen LogP contribution >= 0.6 is 0 Å². The average molecular weight is 268 g/mol. The zero-order chi connectivity index (χ0) is 13.9. The summed E-state index contributed by atoms with van der Waals surface area (Å²) in [6.45, 7) is 0.0186. The second-order valence-electron chi connectivity index (χ2n) is 3.64. The lowest BCUT2D eigenvalue weighted by Crippen LogP contribution is -2.16. The van der Waals surface area contributed by atoms with Crippen LogP contribution in [0.3, 0.4) is 0 Å². The van der Waals surface area contributed by atoms with Crippen LogP contribution in [0.2, 0.25) is 0 Å². The second kappa shape index (κ2) is 5.23. The fraction of sp³-hybridized carbons (Fsp3) is 0.167. The molecule has 2 aromatic rings. The van der Waals surface area contributed by atoms with Crippen molar-refractivity contribution in [2.24, 2.45) is 0 Å². The first kappa shape index (κ1) is 13.3. The first-order valence-electron chi connectivity index (χ1n) is 5.29. The van der Waals surface area contributed by atoms with Gasteiger partial charge in [-0.25, -0.2) is 9.97 Å². The van der Waals surface area contributed by atoms with Gasteiger partial charge in [-0.1, -0.05) is 0 Å². The zero-order valence-corrected chi connectivity index (χ0v) is 9.61. The van der Waals surface area contributed by atoms with E-state index in [9.17, 15) is 13.2 Å². The highest BCUT2D eigenvalue weighted by molar-refractivity contribution is 5.60. The van der Waals surface area contributed by atoms with Crippen molar-refractivity contribution in [3.8, 4) is 17.0 Å². The molecule has 1 heterocycles. The Morgan fingerprint density at radius 3 is 2.37 bits per heavy atom. The first-order chi connectivity index (χ1) is 8.98. The van der Waals surface area contributed by atoms with Crippen LogP contribution in [0.5, 0.6) is 5.75 Å². The Balaban J connectivity index is 2.22. The number of ether oxygens (including phenoxy) is 1. The number of rotatable bonds is 3. The Labute approximate surface area is 107 Å². The minimum atomic E-state index is -4.70. The molecule has 2 rings (SSSR count). The van der Waals surface area contributed by atoms with Gasteiger partial charge >= 0.3 is 6.36 Å². The SMILES string of the molecule is [NH-]Cc1cc(-c2ccc(OC(F)(F)F)cc2)ncn1. The molecule has 1 aromatic heterocycles. The predicted octanol–water partition coefficient (Wildman–Crippen LogP) is 3.59. The molecule has 0 unspecified atom stereocenters. The monoisotopic (exact) mass is 268 g/mol. The van der Waals surface area contributed by atoms with Crippen LogP contribution in [0.1, 0.15) is 5.69 Å². The highest BCUT2D eigenvalue weighted by Gasteiger charge is 2.30. The van der Waals surface area contributed by atoms with Gasteiger partial charge in [0.15, 0.2) is 0 Å². The third-order valence-corrected chi connectivity index (χ3v) is 2.29. The number of halogens is 3. The van der Waals surface area contributed by atoms with Crippen LogP contribution in [-0.4, -0.2) is 16.3 Å². The van der Waals surface area contributed by atoms with E-state index in [0.717, 1.165) is 0 Å². The summed E-state index contributed by atoms with van der Waals surface area (Å²) in [6.07, 6.45) is -3.38. The molecule has 100 valence electrons. The molecule has 0 spiro atoms. The fourth-order valence-electron chi connectivity index (χ4n) is 1.48. The number of nitrogens with zero attached hydrogens (tertiary/aromatic N) is 2. The standard InChI is InChI=1S/C12H9F3N3O/c13-12(14,15)19-10-3-1-8(2-4-10)11-5-9(6-16)17-7-18-11/h1-5,7,16H,6H2/q-1. The van der Waals surface area contributed by atoms with E-state index in [1.165, 1.54) is 30.6 Å². The van der Waals surface area contributed by atoms with Gasteiger partial charge in [0, 0.05) is 11.3 Å². The molecule has 0 fully saturated rings. The highest BCUT2D eigenvalue weighted by atomic mass is 19.4. The van der Waals surface area contributed by atoms with Gasteiger partial charge in [-0.15, -0.1) is 19.7 Å². The summed E-state index contributed by atoms with van der Waals surface area (Å²) >= 11 is 0. The zero-order valence-electron chi connectivity index (χ0n) is 9.61. The Kier molecular flexibility index (Phi) is 3.66. The van der Waals surface area contributed by atoms with Crippen molar-refractivity contribution in [2.45, 2.75) is 12.9 Å². The van der Waals surface area contributed by atoms with Crippen molar-refractivity contribution in [1.82, 2.24) is 9.97 Å². The predicted molar refractivity (Wildman–Crippen MR) is 62.2 cm³/mol. The summed E-state index contributed by atoms with van der Waals surface area (Å²) in [5, 5.41) is 0. The van der Waals surface area contributed by atoms with Gasteiger partial charge in [-0.3, -0.25) is 0 Å². The van der Waals surface area contributed by atoms with Gasteiger partial charge in [0.25, 0.3) is 0 Å². The van der Waals surface area contributed by atoms with E-state index in [-0.39, 0.29) is 12.3 Å². The third-order valence-electron chi connectivity index (χ3n) is 2.29. The summed E-state index contributed by atoms with van der Waals surface area (Å²) in [5.74, 6) is -0.286. The van der Waals surface area contributed by atoms with Crippen LogP contribution in [0.25, 0.3) is 17.0 Å². The molecule has 0 saturated heterocycles. The van der Waals surface area contributed by atoms with Crippen molar-refractivity contribution in [1.29, 1.82) is 0 Å². The Hall–Kier alpha value is -2.15. The summed E-state index contributed by atoms with van der Waals surface area (Å²) in [7, 11) is 0. The first-order valence-corrected chi connectivity index (χ1v) is 5.29. The summed E-state index contributed by atoms with van der Waals surface area (Å²) < 4.78 is 39.8. The van der Waals surface area contributed by atoms with E-state index in [2.05, 4.69) is 14.7 Å². The Morgan fingerprint density at radius 1 is 1.11 bits per heavy atom. The average Bonchev–Trinajstić information content (AvgIpc) is 2.38. The van der Waals surface area contributed by atoms with Crippen LogP contribution in [0, 0.1) is 0 Å². The van der Waals surface area contributed by atoms with Crippen molar-refractivity contribution in [3.05, 3.63) is 48.1 Å². The van der Waals surface area contributed by atoms with Gasteiger partial charge in [0.1, 0.15) is 12.1 Å². The van der Waals surface area contributed by atoms with Gasteiger partial charge in [0.2, 0.25) is 0 Å². The molecule has 0 bridgehead atoms. The van der Waals surface area contributed by atoms with Crippen molar-refractivity contribution < 1.29 is 17.9 Å². The van der Waals surface area contributed by atoms with Crippen molar-refractivity contribution >= 4 is 0 Å². The molecular weight excluding hydrogens is 259 g/mol. The van der Waals surface area contributed by atoms with Crippen LogP contribution in [0.4, 0.5) is 13.2 Å². The number of alkyl halides is 3. The van der Waals surface area contributed by atoms with Gasteiger partial charge in [0.05, 0.1) is 5.69 Å². The molecule has 7 heteroatoms. The van der Waals surface area contributed by atoms with E-state index in [1.807, 2.05) is 0 Å². The molecule has 0 radical (unpaired) electrons. The smallest absolute Gasteiger partial charge is 0.573 e. The Bertz CT molecular complexity index is 555. The highest BCUT2D eigenvalue weighted by Crippen LogP contribution is 2.25. The van der Waals surface area contributed by atoms with Gasteiger partial charge < -0.3 is 10.5 Å². The summed E-state index contributed by atoms with van der Waals surface area (Å²) in [4.78, 5) is 7.88. The topological polar surface area (TPSA) is 58.8 Å². The molecule has 19 heavy (non-hydrogen) atoms. The van der Waals surface area contributed by atoms with E-state index in [4.69, 9.17) is 5.73 Å². The number of nitrogens with one attached hydrogen (secondary N) is 1. The van der Waals surface area contributed by atoms with Crippen molar-refractivity contribution in [3.63, 3.8) is 0 Å². The second-order valence-corrected chi connectivity index (χ2v) is 3.64. The molecule has 0 aliphatic carbocycles. The van der Waals surface area contributed by atoms with Crippen LogP contribution < -0.4 is 4.74 Å². The molecule has 0 aliphatic heterocycles. The van der Waals surface area contributed by atoms with E-state index in [1.54, 1.807) is 6.07 Å². The minimum absolute atomic E-state index is 0.0186. The minimum Gasteiger partial charge on any atom is -0.672 e. The number of hydrogen-bond acceptors (Lipinski definition) is 3. The summed E-state index contributed by atoms with van der Waals surface area (Å²) in [5.41, 5.74) is 8.93.